The third-order valence-corrected chi connectivity index (χ3v) is 3.54. The Balaban J connectivity index is 2.27. The minimum absolute atomic E-state index is 0.0374. The van der Waals surface area contributed by atoms with Gasteiger partial charge in [-0.15, -0.1) is 0 Å². The zero-order valence-corrected chi connectivity index (χ0v) is 11.7. The molecule has 4 heteroatoms. The molecule has 19 heavy (non-hydrogen) atoms. The highest BCUT2D eigenvalue weighted by molar-refractivity contribution is 6.30. The Hall–Kier alpha value is -1.74. The smallest absolute Gasteiger partial charge is 0.148 e. The lowest BCUT2D eigenvalue weighted by molar-refractivity contribution is 0.612. The quantitative estimate of drug-likeness (QED) is 0.850. The van der Waals surface area contributed by atoms with Crippen LogP contribution in [0.25, 0.3) is 0 Å². The fraction of sp³-hybridized carbons (Fsp3) is 0.200. The molecule has 0 radical (unpaired) electrons. The van der Waals surface area contributed by atoms with Crippen LogP contribution in [0.1, 0.15) is 18.5 Å². The summed E-state index contributed by atoms with van der Waals surface area (Å²) in [5.74, 6) is -0.316. The summed E-state index contributed by atoms with van der Waals surface area (Å²) in [6.07, 6.45) is 0. The number of hydrogen-bond donors (Lipinski definition) is 1. The molecule has 0 bridgehead atoms. The van der Waals surface area contributed by atoms with E-state index in [2.05, 4.69) is 0 Å². The van der Waals surface area contributed by atoms with Crippen molar-refractivity contribution < 1.29 is 4.39 Å². The standard InChI is InChI=1S/C15H16ClFN2/c1-10(11-3-5-12(16)6-4-11)19(2)15-8-7-13(18)9-14(15)17/h3-10H,18H2,1-2H3. The lowest BCUT2D eigenvalue weighted by Crippen LogP contribution is -2.22. The molecule has 2 nitrogen and oxygen atoms in total. The first-order valence-corrected chi connectivity index (χ1v) is 6.40. The van der Waals surface area contributed by atoms with Crippen LogP contribution < -0.4 is 10.6 Å². The summed E-state index contributed by atoms with van der Waals surface area (Å²) in [7, 11) is 1.86. The maximum absolute atomic E-state index is 13.9. The third kappa shape index (κ3) is 2.99. The molecule has 0 aliphatic heterocycles. The maximum Gasteiger partial charge on any atom is 0.148 e. The normalized spacial score (nSPS) is 12.2. The van der Waals surface area contributed by atoms with E-state index in [1.54, 1.807) is 12.1 Å². The van der Waals surface area contributed by atoms with Crippen LogP contribution in [0.15, 0.2) is 42.5 Å². The fourth-order valence-electron chi connectivity index (χ4n) is 1.98. The van der Waals surface area contributed by atoms with Crippen molar-refractivity contribution >= 4 is 23.0 Å². The topological polar surface area (TPSA) is 29.3 Å². The second-order valence-electron chi connectivity index (χ2n) is 4.55. The molecule has 0 aliphatic carbocycles. The molecule has 0 saturated carbocycles. The molecule has 1 atom stereocenters. The van der Waals surface area contributed by atoms with E-state index in [1.807, 2.05) is 43.1 Å². The van der Waals surface area contributed by atoms with E-state index in [9.17, 15) is 4.39 Å². The molecule has 0 aliphatic rings. The summed E-state index contributed by atoms with van der Waals surface area (Å²) in [5, 5.41) is 0.692. The van der Waals surface area contributed by atoms with Crippen molar-refractivity contribution in [2.45, 2.75) is 13.0 Å². The van der Waals surface area contributed by atoms with Crippen LogP contribution in [0.5, 0.6) is 0 Å². The number of nitrogens with two attached hydrogens (primary N) is 1. The largest absolute Gasteiger partial charge is 0.399 e. The molecule has 2 aromatic carbocycles. The van der Waals surface area contributed by atoms with Gasteiger partial charge in [0.25, 0.3) is 0 Å². The Kier molecular flexibility index (Phi) is 3.96. The van der Waals surface area contributed by atoms with Gasteiger partial charge in [0.1, 0.15) is 5.82 Å². The van der Waals surface area contributed by atoms with Crippen LogP contribution in [-0.4, -0.2) is 7.05 Å². The number of halogens is 2. The Morgan fingerprint density at radius 3 is 2.37 bits per heavy atom. The molecule has 2 rings (SSSR count). The average molecular weight is 279 g/mol. The van der Waals surface area contributed by atoms with E-state index in [-0.39, 0.29) is 11.9 Å². The van der Waals surface area contributed by atoms with Gasteiger partial charge in [0.2, 0.25) is 0 Å². The molecule has 100 valence electrons. The first-order valence-electron chi connectivity index (χ1n) is 6.02. The summed E-state index contributed by atoms with van der Waals surface area (Å²) in [4.78, 5) is 1.87. The number of nitrogens with zero attached hydrogens (tertiary/aromatic N) is 1. The highest BCUT2D eigenvalue weighted by Gasteiger charge is 2.15. The van der Waals surface area contributed by atoms with Gasteiger partial charge in [-0.2, -0.15) is 0 Å². The van der Waals surface area contributed by atoms with E-state index in [1.165, 1.54) is 6.07 Å². The van der Waals surface area contributed by atoms with Gasteiger partial charge in [-0.05, 0) is 42.8 Å². The number of rotatable bonds is 3. The van der Waals surface area contributed by atoms with Crippen LogP contribution in [-0.2, 0) is 0 Å². The summed E-state index contributed by atoms with van der Waals surface area (Å²) >= 11 is 5.87. The van der Waals surface area contributed by atoms with Gasteiger partial charge in [-0.25, -0.2) is 4.39 Å². The van der Waals surface area contributed by atoms with Gasteiger partial charge in [0, 0.05) is 17.8 Å². The molecule has 0 heterocycles. The predicted octanol–water partition coefficient (Wildman–Crippen LogP) is 4.26. The minimum atomic E-state index is -0.316. The second kappa shape index (κ2) is 5.49. The molecule has 0 fully saturated rings. The Bertz CT molecular complexity index is 569. The lowest BCUT2D eigenvalue weighted by Gasteiger charge is -2.28. The zero-order valence-electron chi connectivity index (χ0n) is 10.9. The number of hydrogen-bond acceptors (Lipinski definition) is 2. The van der Waals surface area contributed by atoms with Crippen LogP contribution >= 0.6 is 11.6 Å². The molecular weight excluding hydrogens is 263 g/mol. The number of nitrogen functional groups attached to an aromatic ring is 1. The molecule has 0 amide bonds. The van der Waals surface area contributed by atoms with Crippen LogP contribution in [0.4, 0.5) is 15.8 Å². The van der Waals surface area contributed by atoms with Crippen molar-refractivity contribution in [2.75, 3.05) is 17.7 Å². The highest BCUT2D eigenvalue weighted by Crippen LogP contribution is 2.29. The van der Waals surface area contributed by atoms with Gasteiger partial charge in [0.15, 0.2) is 0 Å². The van der Waals surface area contributed by atoms with Crippen LogP contribution in [0, 0.1) is 5.82 Å². The van der Waals surface area contributed by atoms with E-state index in [0.717, 1.165) is 5.56 Å². The molecule has 0 aromatic heterocycles. The molecule has 0 spiro atoms. The SMILES string of the molecule is CC(c1ccc(Cl)cc1)N(C)c1ccc(N)cc1F. The number of benzene rings is 2. The second-order valence-corrected chi connectivity index (χ2v) is 4.99. The van der Waals surface area contributed by atoms with E-state index < -0.39 is 0 Å². The minimum Gasteiger partial charge on any atom is -0.399 e. The van der Waals surface area contributed by atoms with Gasteiger partial charge in [-0.1, -0.05) is 23.7 Å². The maximum atomic E-state index is 13.9. The first-order chi connectivity index (χ1) is 8.99. The van der Waals surface area contributed by atoms with Crippen molar-refractivity contribution in [3.8, 4) is 0 Å². The van der Waals surface area contributed by atoms with Crippen molar-refractivity contribution in [3.63, 3.8) is 0 Å². The van der Waals surface area contributed by atoms with Gasteiger partial charge < -0.3 is 10.6 Å². The van der Waals surface area contributed by atoms with Crippen molar-refractivity contribution in [1.29, 1.82) is 0 Å². The van der Waals surface area contributed by atoms with E-state index in [4.69, 9.17) is 17.3 Å². The summed E-state index contributed by atoms with van der Waals surface area (Å²) < 4.78 is 13.9. The monoisotopic (exact) mass is 278 g/mol. The number of anilines is 2. The predicted molar refractivity (Wildman–Crippen MR) is 79.1 cm³/mol. The molecule has 2 N–H and O–H groups in total. The molecule has 0 saturated heterocycles. The summed E-state index contributed by atoms with van der Waals surface area (Å²) in [6.45, 7) is 2.01. The summed E-state index contributed by atoms with van der Waals surface area (Å²) in [5.41, 5.74) is 7.58. The van der Waals surface area contributed by atoms with E-state index in [0.29, 0.717) is 16.4 Å². The highest BCUT2D eigenvalue weighted by atomic mass is 35.5. The average Bonchev–Trinajstić information content (AvgIpc) is 2.38. The Morgan fingerprint density at radius 1 is 1.16 bits per heavy atom. The van der Waals surface area contributed by atoms with E-state index >= 15 is 0 Å². The first kappa shape index (κ1) is 13.7. The molecular formula is C15H16ClFN2. The van der Waals surface area contributed by atoms with Crippen LogP contribution in [0.2, 0.25) is 5.02 Å². The van der Waals surface area contributed by atoms with Crippen LogP contribution in [0.3, 0.4) is 0 Å². The van der Waals surface area contributed by atoms with Crippen molar-refractivity contribution in [2.24, 2.45) is 0 Å². The molecule has 1 unspecified atom stereocenters. The Morgan fingerprint density at radius 2 is 1.79 bits per heavy atom. The third-order valence-electron chi connectivity index (χ3n) is 3.29. The zero-order chi connectivity index (χ0) is 14.0. The summed E-state index contributed by atoms with van der Waals surface area (Å²) in [6, 6.07) is 12.3. The van der Waals surface area contributed by atoms with Gasteiger partial charge in [-0.3, -0.25) is 0 Å². The van der Waals surface area contributed by atoms with Crippen molar-refractivity contribution in [3.05, 3.63) is 58.9 Å². The molecule has 2 aromatic rings. The van der Waals surface area contributed by atoms with Crippen molar-refractivity contribution in [1.82, 2.24) is 0 Å². The van der Waals surface area contributed by atoms with Gasteiger partial charge in [0.05, 0.1) is 11.7 Å². The lowest BCUT2D eigenvalue weighted by atomic mass is 10.1. The fourth-order valence-corrected chi connectivity index (χ4v) is 2.11. The van der Waals surface area contributed by atoms with Gasteiger partial charge >= 0.3 is 0 Å². The Labute approximate surface area is 117 Å².